The van der Waals surface area contributed by atoms with Gasteiger partial charge in [-0.1, -0.05) is 40.5 Å². The Morgan fingerprint density at radius 2 is 1.95 bits per heavy atom. The van der Waals surface area contributed by atoms with Crippen LogP contribution in [0.1, 0.15) is 28.9 Å². The summed E-state index contributed by atoms with van der Waals surface area (Å²) in [6, 6.07) is 7.63. The number of halogens is 4. The minimum atomic E-state index is -0.629. The fourth-order valence-electron chi connectivity index (χ4n) is 1.81. The third-order valence-corrected chi connectivity index (χ3v) is 4.51. The van der Waals surface area contributed by atoms with E-state index in [2.05, 4.69) is 20.9 Å². The molecule has 19 heavy (non-hydrogen) atoms. The molecule has 0 aliphatic rings. The molecule has 0 saturated carbocycles. The monoisotopic (exact) mass is 345 g/mol. The number of hydrogen-bond acceptors (Lipinski definition) is 1. The lowest BCUT2D eigenvalue weighted by molar-refractivity contribution is 0.573. The molecule has 1 aromatic carbocycles. The van der Waals surface area contributed by atoms with Crippen molar-refractivity contribution < 1.29 is 8.78 Å². The van der Waals surface area contributed by atoms with Gasteiger partial charge in [-0.05, 0) is 24.3 Å². The summed E-state index contributed by atoms with van der Waals surface area (Å²) < 4.78 is 27.3. The van der Waals surface area contributed by atoms with Gasteiger partial charge in [0, 0.05) is 23.4 Å². The Morgan fingerprint density at radius 1 is 1.21 bits per heavy atom. The van der Waals surface area contributed by atoms with Gasteiger partial charge in [-0.3, -0.25) is 4.98 Å². The Labute approximate surface area is 123 Å². The third-order valence-electron chi connectivity index (χ3n) is 2.93. The quantitative estimate of drug-likeness (QED) is 0.546. The number of hydrogen-bond donors (Lipinski definition) is 0. The van der Waals surface area contributed by atoms with Gasteiger partial charge >= 0.3 is 0 Å². The molecule has 0 saturated heterocycles. The van der Waals surface area contributed by atoms with Crippen molar-refractivity contribution in [1.29, 1.82) is 0 Å². The summed E-state index contributed by atoms with van der Waals surface area (Å²) >= 11 is 8.95. The molecule has 1 nitrogen and oxygen atoms in total. The Bertz CT molecular complexity index is 577. The predicted molar refractivity (Wildman–Crippen MR) is 75.7 cm³/mol. The number of rotatable bonds is 3. The molecule has 5 heteroatoms. The second kappa shape index (κ2) is 5.97. The highest BCUT2D eigenvalue weighted by Gasteiger charge is 2.23. The number of aromatic nitrogens is 1. The second-order valence-electron chi connectivity index (χ2n) is 4.23. The van der Waals surface area contributed by atoms with Gasteiger partial charge in [-0.2, -0.15) is 0 Å². The van der Waals surface area contributed by atoms with Crippen LogP contribution in [0.15, 0.2) is 36.5 Å². The highest BCUT2D eigenvalue weighted by Crippen LogP contribution is 2.39. The zero-order chi connectivity index (χ0) is 14.0. The van der Waals surface area contributed by atoms with Gasteiger partial charge < -0.3 is 0 Å². The van der Waals surface area contributed by atoms with Crippen molar-refractivity contribution >= 4 is 27.5 Å². The van der Waals surface area contributed by atoms with E-state index in [1.807, 2.05) is 25.1 Å². The van der Waals surface area contributed by atoms with E-state index >= 15 is 0 Å². The van der Waals surface area contributed by atoms with Crippen LogP contribution in [-0.4, -0.2) is 4.98 Å². The van der Waals surface area contributed by atoms with E-state index in [1.165, 1.54) is 0 Å². The zero-order valence-corrected chi connectivity index (χ0v) is 12.4. The van der Waals surface area contributed by atoms with Gasteiger partial charge in [-0.15, -0.1) is 0 Å². The molecule has 0 amide bonds. The second-order valence-corrected chi connectivity index (χ2v) is 5.63. The average Bonchev–Trinajstić information content (AvgIpc) is 2.42. The molecule has 2 unspecified atom stereocenters. The molecule has 1 heterocycles. The molecule has 2 rings (SSSR count). The number of nitrogens with zero attached hydrogens (tertiary/aromatic N) is 1. The molecule has 2 atom stereocenters. The molecule has 2 aromatic rings. The largest absolute Gasteiger partial charge is 0.261 e. The van der Waals surface area contributed by atoms with E-state index in [0.717, 1.165) is 17.8 Å². The van der Waals surface area contributed by atoms with E-state index in [1.54, 1.807) is 6.20 Å². The summed E-state index contributed by atoms with van der Waals surface area (Å²) in [5.41, 5.74) is 1.04. The first kappa shape index (κ1) is 14.4. The van der Waals surface area contributed by atoms with Gasteiger partial charge in [0.05, 0.1) is 9.85 Å². The molecule has 0 fully saturated rings. The molecule has 0 aliphatic heterocycles. The first-order chi connectivity index (χ1) is 9.00. The topological polar surface area (TPSA) is 12.9 Å². The lowest BCUT2D eigenvalue weighted by atomic mass is 9.97. The van der Waals surface area contributed by atoms with Gasteiger partial charge in [0.2, 0.25) is 0 Å². The van der Waals surface area contributed by atoms with E-state index < -0.39 is 11.6 Å². The van der Waals surface area contributed by atoms with Crippen LogP contribution in [0.5, 0.6) is 0 Å². The first-order valence-electron chi connectivity index (χ1n) is 5.70. The van der Waals surface area contributed by atoms with Gasteiger partial charge in [0.1, 0.15) is 11.6 Å². The van der Waals surface area contributed by atoms with Gasteiger partial charge in [0.25, 0.3) is 0 Å². The van der Waals surface area contributed by atoms with Crippen LogP contribution >= 0.6 is 27.5 Å². The fraction of sp³-hybridized carbons (Fsp3) is 0.214. The molecule has 0 spiro atoms. The van der Waals surface area contributed by atoms with E-state index in [4.69, 9.17) is 11.6 Å². The maximum absolute atomic E-state index is 13.9. The molecule has 0 radical (unpaired) electrons. The molecular weight excluding hydrogens is 336 g/mol. The summed E-state index contributed by atoms with van der Waals surface area (Å²) in [6.07, 6.45) is 1.67. The summed E-state index contributed by atoms with van der Waals surface area (Å²) in [7, 11) is 0. The van der Waals surface area contributed by atoms with Crippen molar-refractivity contribution in [2.45, 2.75) is 17.7 Å². The molecule has 0 bridgehead atoms. The maximum atomic E-state index is 13.9. The molecule has 0 N–H and O–H groups in total. The number of alkyl halides is 1. The van der Waals surface area contributed by atoms with Crippen molar-refractivity contribution in [3.63, 3.8) is 0 Å². The summed E-state index contributed by atoms with van der Waals surface area (Å²) in [4.78, 5) is 3.84. The summed E-state index contributed by atoms with van der Waals surface area (Å²) in [5, 5.41) is -0.216. The molecule has 1 aromatic heterocycles. The highest BCUT2D eigenvalue weighted by atomic mass is 79.9. The van der Waals surface area contributed by atoms with E-state index in [0.29, 0.717) is 0 Å². The SMILES string of the molecule is CC(c1ccccn1)C(Br)c1cc(F)c(Cl)cc1F. The van der Waals surface area contributed by atoms with Crippen LogP contribution in [-0.2, 0) is 0 Å². The minimum Gasteiger partial charge on any atom is -0.261 e. The van der Waals surface area contributed by atoms with Crippen LogP contribution < -0.4 is 0 Å². The Balaban J connectivity index is 2.34. The van der Waals surface area contributed by atoms with Crippen molar-refractivity contribution in [3.8, 4) is 0 Å². The van der Waals surface area contributed by atoms with E-state index in [-0.39, 0.29) is 21.3 Å². The highest BCUT2D eigenvalue weighted by molar-refractivity contribution is 9.09. The zero-order valence-electron chi connectivity index (χ0n) is 10.1. The van der Waals surface area contributed by atoms with Gasteiger partial charge in [0.15, 0.2) is 0 Å². The average molecular weight is 347 g/mol. The Kier molecular flexibility index (Phi) is 4.53. The molecule has 0 aliphatic carbocycles. The first-order valence-corrected chi connectivity index (χ1v) is 6.99. The number of benzene rings is 1. The van der Waals surface area contributed by atoms with E-state index in [9.17, 15) is 8.78 Å². The Hall–Kier alpha value is -1.00. The number of pyridine rings is 1. The van der Waals surface area contributed by atoms with Gasteiger partial charge in [-0.25, -0.2) is 8.78 Å². The lowest BCUT2D eigenvalue weighted by Gasteiger charge is -2.19. The lowest BCUT2D eigenvalue weighted by Crippen LogP contribution is -2.06. The molecular formula is C14H11BrClF2N. The van der Waals surface area contributed by atoms with Crippen LogP contribution in [0.2, 0.25) is 5.02 Å². The van der Waals surface area contributed by atoms with Crippen LogP contribution in [0.25, 0.3) is 0 Å². The van der Waals surface area contributed by atoms with Crippen molar-refractivity contribution in [3.05, 3.63) is 64.4 Å². The summed E-state index contributed by atoms with van der Waals surface area (Å²) in [5.74, 6) is -1.26. The molecule has 100 valence electrons. The maximum Gasteiger partial charge on any atom is 0.142 e. The van der Waals surface area contributed by atoms with Crippen LogP contribution in [0.3, 0.4) is 0 Å². The van der Waals surface area contributed by atoms with Crippen molar-refractivity contribution in [1.82, 2.24) is 4.98 Å². The standard InChI is InChI=1S/C14H11BrClF2N/c1-8(13-4-2-3-5-19-13)14(15)9-6-12(18)10(16)7-11(9)17/h2-8,14H,1H3. The Morgan fingerprint density at radius 3 is 2.58 bits per heavy atom. The third kappa shape index (κ3) is 3.12. The van der Waals surface area contributed by atoms with Crippen LogP contribution in [0, 0.1) is 11.6 Å². The minimum absolute atomic E-state index is 0.101. The summed E-state index contributed by atoms with van der Waals surface area (Å²) in [6.45, 7) is 1.90. The smallest absolute Gasteiger partial charge is 0.142 e. The van der Waals surface area contributed by atoms with Crippen molar-refractivity contribution in [2.24, 2.45) is 0 Å². The normalized spacial score (nSPS) is 14.2. The predicted octanol–water partition coefficient (Wildman–Crippen LogP) is 5.25. The fourth-order valence-corrected chi connectivity index (χ4v) is 2.59. The van der Waals surface area contributed by atoms with Crippen molar-refractivity contribution in [2.75, 3.05) is 0 Å². The van der Waals surface area contributed by atoms with Crippen LogP contribution in [0.4, 0.5) is 8.78 Å².